The van der Waals surface area contributed by atoms with Crippen LogP contribution in [0.1, 0.15) is 24.0 Å². The molecule has 0 aliphatic carbocycles. The second kappa shape index (κ2) is 6.20. The van der Waals surface area contributed by atoms with Crippen LogP contribution in [0.25, 0.3) is 0 Å². The van der Waals surface area contributed by atoms with Crippen LogP contribution in [0.5, 0.6) is 0 Å². The quantitative estimate of drug-likeness (QED) is 0.914. The molecule has 1 heterocycles. The molecule has 1 aromatic rings. The molecule has 0 saturated carbocycles. The molecule has 0 atom stereocenters. The van der Waals surface area contributed by atoms with E-state index in [0.717, 1.165) is 44.6 Å². The Morgan fingerprint density at radius 1 is 1.30 bits per heavy atom. The van der Waals surface area contributed by atoms with E-state index in [9.17, 15) is 9.50 Å². The highest BCUT2D eigenvalue weighted by Crippen LogP contribution is 2.24. The summed E-state index contributed by atoms with van der Waals surface area (Å²) in [5.74, 6) is -0.176. The van der Waals surface area contributed by atoms with E-state index in [0.29, 0.717) is 0 Å². The normalized spacial score (nSPS) is 19.5. The van der Waals surface area contributed by atoms with Crippen molar-refractivity contribution in [2.75, 3.05) is 33.7 Å². The average molecular weight is 280 g/mol. The number of hydrogen-bond donors (Lipinski definition) is 1. The van der Waals surface area contributed by atoms with Crippen molar-refractivity contribution in [3.63, 3.8) is 0 Å². The molecule has 4 heteroatoms. The van der Waals surface area contributed by atoms with Crippen molar-refractivity contribution in [1.29, 1.82) is 0 Å². The van der Waals surface area contributed by atoms with Gasteiger partial charge in [0.2, 0.25) is 0 Å². The van der Waals surface area contributed by atoms with Gasteiger partial charge in [0.05, 0.1) is 5.60 Å². The van der Waals surface area contributed by atoms with Crippen LogP contribution in [-0.2, 0) is 6.54 Å². The van der Waals surface area contributed by atoms with Crippen LogP contribution in [0, 0.1) is 12.7 Å². The molecule has 2 rings (SSSR count). The van der Waals surface area contributed by atoms with Crippen molar-refractivity contribution in [2.45, 2.75) is 31.9 Å². The van der Waals surface area contributed by atoms with Crippen LogP contribution in [0.15, 0.2) is 18.2 Å². The highest BCUT2D eigenvalue weighted by Gasteiger charge is 2.32. The topological polar surface area (TPSA) is 26.7 Å². The summed E-state index contributed by atoms with van der Waals surface area (Å²) in [4.78, 5) is 4.38. The summed E-state index contributed by atoms with van der Waals surface area (Å²) in [6.45, 7) is 5.29. The molecule has 1 aromatic carbocycles. The van der Waals surface area contributed by atoms with Gasteiger partial charge in [-0.2, -0.15) is 0 Å². The van der Waals surface area contributed by atoms with E-state index >= 15 is 0 Å². The Balaban J connectivity index is 1.91. The van der Waals surface area contributed by atoms with Gasteiger partial charge >= 0.3 is 0 Å². The lowest BCUT2D eigenvalue weighted by Gasteiger charge is -2.39. The molecule has 0 spiro atoms. The number of halogens is 1. The SMILES string of the molecule is Cc1cc(F)ccc1CN1CCC(O)(CN(C)C)CC1. The van der Waals surface area contributed by atoms with Gasteiger partial charge in [-0.05, 0) is 57.1 Å². The zero-order valence-electron chi connectivity index (χ0n) is 12.7. The first-order valence-electron chi connectivity index (χ1n) is 7.22. The van der Waals surface area contributed by atoms with Gasteiger partial charge in [-0.1, -0.05) is 6.07 Å². The van der Waals surface area contributed by atoms with E-state index < -0.39 is 5.60 Å². The van der Waals surface area contributed by atoms with Crippen molar-refractivity contribution < 1.29 is 9.50 Å². The van der Waals surface area contributed by atoms with Gasteiger partial charge in [-0.15, -0.1) is 0 Å². The molecule has 3 nitrogen and oxygen atoms in total. The lowest BCUT2D eigenvalue weighted by Crippen LogP contribution is -2.49. The summed E-state index contributed by atoms with van der Waals surface area (Å²) in [5, 5.41) is 10.5. The van der Waals surface area contributed by atoms with E-state index in [2.05, 4.69) is 4.90 Å². The minimum atomic E-state index is -0.558. The van der Waals surface area contributed by atoms with Crippen LogP contribution in [0.2, 0.25) is 0 Å². The van der Waals surface area contributed by atoms with E-state index in [1.54, 1.807) is 6.07 Å². The second-order valence-corrected chi connectivity index (χ2v) is 6.31. The van der Waals surface area contributed by atoms with Crippen LogP contribution >= 0.6 is 0 Å². The molecule has 0 radical (unpaired) electrons. The van der Waals surface area contributed by atoms with Gasteiger partial charge in [-0.25, -0.2) is 4.39 Å². The Morgan fingerprint density at radius 3 is 2.50 bits per heavy atom. The van der Waals surface area contributed by atoms with Crippen molar-refractivity contribution in [1.82, 2.24) is 9.80 Å². The fourth-order valence-corrected chi connectivity index (χ4v) is 2.95. The largest absolute Gasteiger partial charge is 0.388 e. The molecule has 1 N–H and O–H groups in total. The molecule has 0 aromatic heterocycles. The van der Waals surface area contributed by atoms with Gasteiger partial charge in [0, 0.05) is 26.2 Å². The third-order valence-corrected chi connectivity index (χ3v) is 4.10. The first-order valence-corrected chi connectivity index (χ1v) is 7.22. The van der Waals surface area contributed by atoms with Gasteiger partial charge in [0.15, 0.2) is 0 Å². The number of likely N-dealkylation sites (N-methyl/N-ethyl adjacent to an activating group) is 1. The number of aryl methyl sites for hydroxylation is 1. The molecule has 1 saturated heterocycles. The van der Waals surface area contributed by atoms with Crippen molar-refractivity contribution >= 4 is 0 Å². The summed E-state index contributed by atoms with van der Waals surface area (Å²) in [6, 6.07) is 4.97. The zero-order chi connectivity index (χ0) is 14.8. The molecule has 0 unspecified atom stereocenters. The predicted octanol–water partition coefficient (Wildman–Crippen LogP) is 2.02. The molecule has 1 fully saturated rings. The highest BCUT2D eigenvalue weighted by atomic mass is 19.1. The van der Waals surface area contributed by atoms with Crippen molar-refractivity contribution in [3.8, 4) is 0 Å². The summed E-state index contributed by atoms with van der Waals surface area (Å²) >= 11 is 0. The summed E-state index contributed by atoms with van der Waals surface area (Å²) in [7, 11) is 3.98. The molecule has 112 valence electrons. The monoisotopic (exact) mass is 280 g/mol. The number of hydrogen-bond acceptors (Lipinski definition) is 3. The van der Waals surface area contributed by atoms with Gasteiger partial charge in [0.25, 0.3) is 0 Å². The third-order valence-electron chi connectivity index (χ3n) is 4.10. The van der Waals surface area contributed by atoms with Crippen LogP contribution in [0.3, 0.4) is 0 Å². The number of likely N-dealkylation sites (tertiary alicyclic amines) is 1. The first kappa shape index (κ1) is 15.4. The minimum Gasteiger partial charge on any atom is -0.388 e. The molecule has 1 aliphatic rings. The number of aliphatic hydroxyl groups is 1. The summed E-state index contributed by atoms with van der Waals surface area (Å²) < 4.78 is 13.1. The Kier molecular flexibility index (Phi) is 4.78. The van der Waals surface area contributed by atoms with Gasteiger partial charge < -0.3 is 10.0 Å². The van der Waals surface area contributed by atoms with E-state index in [1.165, 1.54) is 11.6 Å². The zero-order valence-corrected chi connectivity index (χ0v) is 12.7. The number of piperidine rings is 1. The maximum Gasteiger partial charge on any atom is 0.123 e. The van der Waals surface area contributed by atoms with Crippen molar-refractivity contribution in [3.05, 3.63) is 35.1 Å². The fraction of sp³-hybridized carbons (Fsp3) is 0.625. The Labute approximate surface area is 121 Å². The Morgan fingerprint density at radius 2 is 1.95 bits per heavy atom. The lowest BCUT2D eigenvalue weighted by atomic mass is 9.90. The second-order valence-electron chi connectivity index (χ2n) is 6.31. The van der Waals surface area contributed by atoms with Gasteiger partial charge in [0.1, 0.15) is 5.82 Å². The summed E-state index contributed by atoms with van der Waals surface area (Å²) in [5.41, 5.74) is 1.61. The maximum atomic E-state index is 13.1. The fourth-order valence-electron chi connectivity index (χ4n) is 2.95. The van der Waals surface area contributed by atoms with E-state index in [1.807, 2.05) is 32.0 Å². The van der Waals surface area contributed by atoms with Crippen LogP contribution in [-0.4, -0.2) is 54.2 Å². The smallest absolute Gasteiger partial charge is 0.123 e. The predicted molar refractivity (Wildman–Crippen MR) is 79.2 cm³/mol. The maximum absolute atomic E-state index is 13.1. The number of nitrogens with zero attached hydrogens (tertiary/aromatic N) is 2. The van der Waals surface area contributed by atoms with Crippen LogP contribution < -0.4 is 0 Å². The minimum absolute atomic E-state index is 0.176. The Hall–Kier alpha value is -0.970. The molecule has 20 heavy (non-hydrogen) atoms. The molecule has 0 bridgehead atoms. The van der Waals surface area contributed by atoms with Crippen molar-refractivity contribution in [2.24, 2.45) is 0 Å². The lowest BCUT2D eigenvalue weighted by molar-refractivity contribution is -0.0388. The average Bonchev–Trinajstić information content (AvgIpc) is 2.34. The number of rotatable bonds is 4. The molecular weight excluding hydrogens is 255 g/mol. The van der Waals surface area contributed by atoms with Crippen LogP contribution in [0.4, 0.5) is 4.39 Å². The molecule has 0 amide bonds. The molecular formula is C16H25FN2O. The van der Waals surface area contributed by atoms with E-state index in [4.69, 9.17) is 0 Å². The number of benzene rings is 1. The summed E-state index contributed by atoms with van der Waals surface area (Å²) in [6.07, 6.45) is 1.59. The third kappa shape index (κ3) is 4.01. The standard InChI is InChI=1S/C16H25FN2O/c1-13-10-15(17)5-4-14(13)11-19-8-6-16(20,7-9-19)12-18(2)3/h4-5,10,20H,6-9,11-12H2,1-3H3. The Bertz CT molecular complexity index is 454. The highest BCUT2D eigenvalue weighted by molar-refractivity contribution is 5.26. The first-order chi connectivity index (χ1) is 9.38. The molecule has 1 aliphatic heterocycles. The van der Waals surface area contributed by atoms with E-state index in [-0.39, 0.29) is 5.82 Å². The van der Waals surface area contributed by atoms with Gasteiger partial charge in [-0.3, -0.25) is 4.90 Å².